The number of carbonyl (C=O) groups is 1. The molecular weight excluding hydrogens is 472 g/mol. The van der Waals surface area contributed by atoms with Gasteiger partial charge in [-0.15, -0.1) is 0 Å². The Morgan fingerprint density at radius 3 is 2.49 bits per heavy atom. The highest BCUT2D eigenvalue weighted by atomic mass is 16.5. The van der Waals surface area contributed by atoms with E-state index in [2.05, 4.69) is 26.9 Å². The van der Waals surface area contributed by atoms with Crippen molar-refractivity contribution in [2.45, 2.75) is 25.4 Å². The molecule has 4 heterocycles. The molecule has 2 fully saturated rings. The predicted molar refractivity (Wildman–Crippen MR) is 141 cm³/mol. The number of methoxy groups -OCH3 is 1. The number of carboxylic acids is 1. The lowest BCUT2D eigenvalue weighted by Crippen LogP contribution is -2.22. The van der Waals surface area contributed by atoms with Gasteiger partial charge in [-0.1, -0.05) is 12.1 Å². The quantitative estimate of drug-likeness (QED) is 0.421. The molecule has 0 radical (unpaired) electrons. The van der Waals surface area contributed by atoms with Crippen LogP contribution in [0, 0.1) is 0 Å². The minimum Gasteiger partial charge on any atom is -0.477 e. The summed E-state index contributed by atoms with van der Waals surface area (Å²) in [5.41, 5.74) is 3.70. The van der Waals surface area contributed by atoms with Crippen LogP contribution in [0.15, 0.2) is 63.9 Å². The van der Waals surface area contributed by atoms with Crippen LogP contribution >= 0.6 is 0 Å². The van der Waals surface area contributed by atoms with Gasteiger partial charge < -0.3 is 28.6 Å². The highest BCUT2D eigenvalue weighted by Gasteiger charge is 2.26. The number of aromatic nitrogens is 2. The summed E-state index contributed by atoms with van der Waals surface area (Å²) in [4.78, 5) is 33.5. The largest absolute Gasteiger partial charge is 0.477 e. The van der Waals surface area contributed by atoms with Gasteiger partial charge in [-0.05, 0) is 49.1 Å². The van der Waals surface area contributed by atoms with E-state index in [4.69, 9.17) is 9.15 Å². The maximum atomic E-state index is 12.7. The molecule has 2 aromatic carbocycles. The van der Waals surface area contributed by atoms with Crippen molar-refractivity contribution in [1.29, 1.82) is 0 Å². The third-order valence-corrected chi connectivity index (χ3v) is 7.30. The van der Waals surface area contributed by atoms with Gasteiger partial charge >= 0.3 is 5.97 Å². The number of pyridine rings is 1. The molecule has 0 saturated carbocycles. The van der Waals surface area contributed by atoms with Gasteiger partial charge in [0.2, 0.25) is 0 Å². The Morgan fingerprint density at radius 2 is 1.78 bits per heavy atom. The smallest absolute Gasteiger partial charge is 0.341 e. The fourth-order valence-corrected chi connectivity index (χ4v) is 5.23. The second-order valence-electron chi connectivity index (χ2n) is 9.59. The Labute approximate surface area is 213 Å². The van der Waals surface area contributed by atoms with Crippen molar-refractivity contribution in [3.63, 3.8) is 0 Å². The average molecular weight is 501 g/mol. The Balaban J connectivity index is 1.41. The van der Waals surface area contributed by atoms with Crippen molar-refractivity contribution < 1.29 is 19.1 Å². The van der Waals surface area contributed by atoms with Crippen molar-refractivity contribution in [1.82, 2.24) is 9.55 Å². The maximum absolute atomic E-state index is 12.7. The van der Waals surface area contributed by atoms with E-state index in [1.165, 1.54) is 25.1 Å². The van der Waals surface area contributed by atoms with Crippen molar-refractivity contribution in [3.8, 4) is 16.9 Å². The second kappa shape index (κ2) is 9.40. The number of rotatable bonds is 6. The Kier molecular flexibility index (Phi) is 5.92. The molecule has 1 atom stereocenters. The molecule has 0 aliphatic carbocycles. The fraction of sp³-hybridized carbons (Fsp3) is 0.321. The summed E-state index contributed by atoms with van der Waals surface area (Å²) in [7, 11) is 1.71. The van der Waals surface area contributed by atoms with E-state index in [1.54, 1.807) is 11.7 Å². The lowest BCUT2D eigenvalue weighted by molar-refractivity contribution is 0.0695. The molecule has 9 heteroatoms. The van der Waals surface area contributed by atoms with Crippen LogP contribution in [0.5, 0.6) is 0 Å². The number of carboxylic acid groups (broad SMARTS) is 1. The fourth-order valence-electron chi connectivity index (χ4n) is 5.23. The molecule has 6 rings (SSSR count). The number of aromatic carboxylic acids is 1. The average Bonchev–Trinajstić information content (AvgIpc) is 3.68. The summed E-state index contributed by atoms with van der Waals surface area (Å²) in [5.74, 6) is -1.26. The van der Waals surface area contributed by atoms with E-state index < -0.39 is 11.4 Å². The van der Waals surface area contributed by atoms with Crippen molar-refractivity contribution >= 4 is 28.8 Å². The number of nitrogens with zero attached hydrogens (tertiary/aromatic N) is 4. The highest BCUT2D eigenvalue weighted by Crippen LogP contribution is 2.30. The van der Waals surface area contributed by atoms with Gasteiger partial charge in [0.25, 0.3) is 6.01 Å². The number of hydrogen-bond donors (Lipinski definition) is 1. The number of oxazole rings is 1. The SMILES string of the molecule is CO[C@H]1CCN(c2nc3ccc(-n4cc(C(=O)O)c(=O)cc4-c4ccc(N5CCCC5)cc4)cc3o2)C1. The van der Waals surface area contributed by atoms with Gasteiger partial charge in [0.1, 0.15) is 11.1 Å². The van der Waals surface area contributed by atoms with Gasteiger partial charge in [0, 0.05) is 63.0 Å². The van der Waals surface area contributed by atoms with Crippen LogP contribution < -0.4 is 15.2 Å². The lowest BCUT2D eigenvalue weighted by Gasteiger charge is -2.19. The van der Waals surface area contributed by atoms with Crippen LogP contribution in [-0.2, 0) is 4.74 Å². The summed E-state index contributed by atoms with van der Waals surface area (Å²) < 4.78 is 13.3. The molecule has 37 heavy (non-hydrogen) atoms. The third-order valence-electron chi connectivity index (χ3n) is 7.30. The van der Waals surface area contributed by atoms with Crippen molar-refractivity contribution in [3.05, 3.63) is 70.5 Å². The molecule has 2 saturated heterocycles. The lowest BCUT2D eigenvalue weighted by atomic mass is 10.1. The first-order chi connectivity index (χ1) is 18.0. The molecular formula is C28H28N4O5. The molecule has 2 aliphatic heterocycles. The monoisotopic (exact) mass is 500 g/mol. The van der Waals surface area contributed by atoms with E-state index in [9.17, 15) is 14.7 Å². The number of benzene rings is 2. The van der Waals surface area contributed by atoms with Gasteiger partial charge in [0.05, 0.1) is 11.8 Å². The van der Waals surface area contributed by atoms with Crippen LogP contribution in [0.4, 0.5) is 11.7 Å². The molecule has 4 aromatic rings. The first-order valence-corrected chi connectivity index (χ1v) is 12.5. The summed E-state index contributed by atoms with van der Waals surface area (Å²) in [5, 5.41) is 9.63. The van der Waals surface area contributed by atoms with Gasteiger partial charge in [-0.3, -0.25) is 4.79 Å². The molecule has 190 valence electrons. The summed E-state index contributed by atoms with van der Waals surface area (Å²) in [6.45, 7) is 3.60. The van der Waals surface area contributed by atoms with Crippen molar-refractivity contribution in [2.75, 3.05) is 43.1 Å². The van der Waals surface area contributed by atoms with Gasteiger partial charge in [0.15, 0.2) is 11.0 Å². The summed E-state index contributed by atoms with van der Waals surface area (Å²) in [6, 6.07) is 15.5. The van der Waals surface area contributed by atoms with Crippen molar-refractivity contribution in [2.24, 2.45) is 0 Å². The maximum Gasteiger partial charge on any atom is 0.341 e. The molecule has 9 nitrogen and oxygen atoms in total. The van der Waals surface area contributed by atoms with Gasteiger partial charge in [-0.25, -0.2) is 4.79 Å². The standard InChI is InChI=1S/C28H28N4O5/c1-36-21-10-13-31(16-21)28-29-23-9-8-20(14-26(23)37-28)32-17-22(27(34)35)25(33)15-24(32)18-4-6-19(7-5-18)30-11-2-3-12-30/h4-9,14-15,17,21H,2-3,10-13,16H2,1H3,(H,34,35)/t21-/m0/s1. The van der Waals surface area contributed by atoms with Crippen LogP contribution in [0.1, 0.15) is 29.6 Å². The first kappa shape index (κ1) is 23.3. The Morgan fingerprint density at radius 1 is 1.03 bits per heavy atom. The van der Waals surface area contributed by atoms with E-state index in [0.29, 0.717) is 28.5 Å². The highest BCUT2D eigenvalue weighted by molar-refractivity contribution is 5.88. The molecule has 2 aliphatic rings. The predicted octanol–water partition coefficient (Wildman–Crippen LogP) is 4.17. The summed E-state index contributed by atoms with van der Waals surface area (Å²) in [6.07, 6.45) is 4.83. The molecule has 0 amide bonds. The zero-order chi connectivity index (χ0) is 25.5. The normalized spacial score (nSPS) is 17.7. The number of ether oxygens (including phenoxy) is 1. The molecule has 0 spiro atoms. The third kappa shape index (κ3) is 4.35. The van der Waals surface area contributed by atoms with E-state index in [1.807, 2.05) is 30.3 Å². The molecule has 2 aromatic heterocycles. The zero-order valence-electron chi connectivity index (χ0n) is 20.6. The molecule has 0 unspecified atom stereocenters. The topological polar surface area (TPSA) is 101 Å². The van der Waals surface area contributed by atoms with Gasteiger partial charge in [-0.2, -0.15) is 4.98 Å². The number of fused-ring (bicyclic) bond motifs is 1. The van der Waals surface area contributed by atoms with E-state index in [0.717, 1.165) is 43.9 Å². The Bertz CT molecular complexity index is 1520. The van der Waals surface area contributed by atoms with Crippen LogP contribution in [0.25, 0.3) is 28.0 Å². The van der Waals surface area contributed by atoms with Crippen LogP contribution in [-0.4, -0.2) is 60.0 Å². The number of anilines is 2. The van der Waals surface area contributed by atoms with E-state index in [-0.39, 0.29) is 11.7 Å². The second-order valence-corrected chi connectivity index (χ2v) is 9.59. The molecule has 0 bridgehead atoms. The summed E-state index contributed by atoms with van der Waals surface area (Å²) >= 11 is 0. The van der Waals surface area contributed by atoms with E-state index >= 15 is 0 Å². The first-order valence-electron chi connectivity index (χ1n) is 12.5. The van der Waals surface area contributed by atoms with Crippen LogP contribution in [0.2, 0.25) is 0 Å². The minimum absolute atomic E-state index is 0.153. The Hall–Kier alpha value is -4.11. The van der Waals surface area contributed by atoms with Crippen LogP contribution in [0.3, 0.4) is 0 Å². The molecule has 1 N–H and O–H groups in total. The number of hydrogen-bond acceptors (Lipinski definition) is 7. The minimum atomic E-state index is -1.26. The zero-order valence-corrected chi connectivity index (χ0v) is 20.6.